The molecule has 1 aromatic carbocycles. The summed E-state index contributed by atoms with van der Waals surface area (Å²) in [6.07, 6.45) is 3.41. The Labute approximate surface area is 122 Å². The lowest BCUT2D eigenvalue weighted by Crippen LogP contribution is -1.92. The largest absolute Gasteiger partial charge is 0.494 e. The molecule has 21 heavy (non-hydrogen) atoms. The van der Waals surface area contributed by atoms with Crippen molar-refractivity contribution in [3.63, 3.8) is 0 Å². The van der Waals surface area contributed by atoms with Crippen LogP contribution in [0, 0.1) is 0 Å². The van der Waals surface area contributed by atoms with Crippen molar-refractivity contribution in [3.05, 3.63) is 48.8 Å². The molecule has 0 unspecified atom stereocenters. The minimum Gasteiger partial charge on any atom is -0.494 e. The lowest BCUT2D eigenvalue weighted by molar-refractivity contribution is 0.340. The second kappa shape index (κ2) is 5.66. The first-order chi connectivity index (χ1) is 10.3. The molecule has 2 N–H and O–H groups in total. The average Bonchev–Trinajstić information content (AvgIpc) is 2.91. The first-order valence-electron chi connectivity index (χ1n) is 6.68. The number of benzene rings is 1. The van der Waals surface area contributed by atoms with Crippen molar-refractivity contribution in [3.8, 4) is 28.2 Å². The smallest absolute Gasteiger partial charge is 0.177 e. The first-order valence-corrected chi connectivity index (χ1v) is 6.68. The zero-order valence-corrected chi connectivity index (χ0v) is 11.6. The van der Waals surface area contributed by atoms with Crippen molar-refractivity contribution in [2.75, 3.05) is 12.3 Å². The van der Waals surface area contributed by atoms with Gasteiger partial charge in [-0.15, -0.1) is 0 Å². The van der Waals surface area contributed by atoms with Gasteiger partial charge in [-0.1, -0.05) is 17.3 Å². The number of aromatic nitrogens is 2. The van der Waals surface area contributed by atoms with Crippen molar-refractivity contribution >= 4 is 5.82 Å². The fraction of sp³-hybridized carbons (Fsp3) is 0.125. The second-order valence-electron chi connectivity index (χ2n) is 4.47. The predicted octanol–water partition coefficient (Wildman–Crippen LogP) is 3.38. The fourth-order valence-corrected chi connectivity index (χ4v) is 2.17. The zero-order chi connectivity index (χ0) is 14.7. The summed E-state index contributed by atoms with van der Waals surface area (Å²) >= 11 is 0. The number of hydrogen-bond acceptors (Lipinski definition) is 5. The lowest BCUT2D eigenvalue weighted by Gasteiger charge is -2.05. The summed E-state index contributed by atoms with van der Waals surface area (Å²) in [4.78, 5) is 4.00. The van der Waals surface area contributed by atoms with E-state index in [0.717, 1.165) is 22.4 Å². The van der Waals surface area contributed by atoms with Gasteiger partial charge in [0.25, 0.3) is 0 Å². The van der Waals surface area contributed by atoms with E-state index in [1.165, 1.54) is 0 Å². The molecule has 0 radical (unpaired) electrons. The molecule has 3 rings (SSSR count). The lowest BCUT2D eigenvalue weighted by atomic mass is 10.0. The van der Waals surface area contributed by atoms with E-state index in [9.17, 15) is 0 Å². The third-order valence-corrected chi connectivity index (χ3v) is 3.11. The minimum absolute atomic E-state index is 0.367. The molecule has 0 aliphatic rings. The second-order valence-corrected chi connectivity index (χ2v) is 4.47. The van der Waals surface area contributed by atoms with E-state index in [-0.39, 0.29) is 0 Å². The Hall–Kier alpha value is -2.82. The summed E-state index contributed by atoms with van der Waals surface area (Å²) in [5.74, 6) is 1.83. The van der Waals surface area contributed by atoms with Crippen LogP contribution in [0.15, 0.2) is 53.3 Å². The van der Waals surface area contributed by atoms with E-state index >= 15 is 0 Å². The molecule has 5 heteroatoms. The summed E-state index contributed by atoms with van der Waals surface area (Å²) in [7, 11) is 0. The van der Waals surface area contributed by atoms with Gasteiger partial charge in [-0.3, -0.25) is 4.98 Å². The van der Waals surface area contributed by atoms with Crippen molar-refractivity contribution < 1.29 is 9.26 Å². The third-order valence-electron chi connectivity index (χ3n) is 3.11. The van der Waals surface area contributed by atoms with Crippen LogP contribution in [0.2, 0.25) is 0 Å². The molecule has 2 heterocycles. The van der Waals surface area contributed by atoms with Gasteiger partial charge in [0.1, 0.15) is 5.75 Å². The highest BCUT2D eigenvalue weighted by molar-refractivity contribution is 5.86. The number of nitrogen functional groups attached to an aromatic ring is 1. The van der Waals surface area contributed by atoms with E-state index in [2.05, 4.69) is 10.1 Å². The van der Waals surface area contributed by atoms with Crippen LogP contribution < -0.4 is 10.5 Å². The molecule has 5 nitrogen and oxygen atoms in total. The zero-order valence-electron chi connectivity index (χ0n) is 11.6. The van der Waals surface area contributed by atoms with Gasteiger partial charge in [0.15, 0.2) is 11.6 Å². The summed E-state index contributed by atoms with van der Waals surface area (Å²) in [5, 5.41) is 3.88. The molecule has 0 saturated heterocycles. The van der Waals surface area contributed by atoms with Gasteiger partial charge in [-0.2, -0.15) is 0 Å². The van der Waals surface area contributed by atoms with E-state index in [1.54, 1.807) is 12.4 Å². The predicted molar refractivity (Wildman–Crippen MR) is 80.8 cm³/mol. The number of nitrogens with zero attached hydrogens (tertiary/aromatic N) is 2. The topological polar surface area (TPSA) is 74.2 Å². The van der Waals surface area contributed by atoms with Crippen LogP contribution in [-0.4, -0.2) is 16.7 Å². The third kappa shape index (κ3) is 2.58. The molecule has 106 valence electrons. The van der Waals surface area contributed by atoms with Crippen LogP contribution >= 0.6 is 0 Å². The summed E-state index contributed by atoms with van der Waals surface area (Å²) < 4.78 is 10.8. The average molecular weight is 281 g/mol. The van der Waals surface area contributed by atoms with Crippen LogP contribution in [0.1, 0.15) is 6.92 Å². The van der Waals surface area contributed by atoms with Crippen molar-refractivity contribution in [1.82, 2.24) is 10.1 Å². The molecule has 0 atom stereocenters. The van der Waals surface area contributed by atoms with E-state index in [0.29, 0.717) is 18.2 Å². The highest BCUT2D eigenvalue weighted by Crippen LogP contribution is 2.36. The standard InChI is InChI=1S/C16H15N3O2/c1-2-20-13-5-3-11(4-6-13)14-15(21-19-16(14)17)12-7-9-18-10-8-12/h3-10H,2H2,1H3,(H2,17,19). The normalized spacial score (nSPS) is 10.5. The molecular weight excluding hydrogens is 266 g/mol. The van der Waals surface area contributed by atoms with Crippen LogP contribution in [0.4, 0.5) is 5.82 Å². The SMILES string of the molecule is CCOc1ccc(-c2c(N)noc2-c2ccncc2)cc1. The van der Waals surface area contributed by atoms with Gasteiger partial charge in [0.05, 0.1) is 12.2 Å². The van der Waals surface area contributed by atoms with Crippen molar-refractivity contribution in [2.45, 2.75) is 6.92 Å². The molecule has 0 fully saturated rings. The Morgan fingerprint density at radius 3 is 2.43 bits per heavy atom. The number of nitrogens with two attached hydrogens (primary N) is 1. The Balaban J connectivity index is 2.04. The number of rotatable bonds is 4. The summed E-state index contributed by atoms with van der Waals surface area (Å²) in [5.41, 5.74) is 8.56. The highest BCUT2D eigenvalue weighted by atomic mass is 16.5. The van der Waals surface area contributed by atoms with Crippen LogP contribution in [0.5, 0.6) is 5.75 Å². The van der Waals surface area contributed by atoms with E-state index in [1.807, 2.05) is 43.3 Å². The molecule has 3 aromatic rings. The number of hydrogen-bond donors (Lipinski definition) is 1. The van der Waals surface area contributed by atoms with Crippen LogP contribution in [0.3, 0.4) is 0 Å². The quantitative estimate of drug-likeness (QED) is 0.793. The van der Waals surface area contributed by atoms with Crippen LogP contribution in [-0.2, 0) is 0 Å². The maximum Gasteiger partial charge on any atom is 0.177 e. The summed E-state index contributed by atoms with van der Waals surface area (Å²) in [6, 6.07) is 11.4. The highest BCUT2D eigenvalue weighted by Gasteiger charge is 2.17. The summed E-state index contributed by atoms with van der Waals surface area (Å²) in [6.45, 7) is 2.59. The van der Waals surface area contributed by atoms with Gasteiger partial charge in [-0.05, 0) is 36.8 Å². The molecule has 2 aromatic heterocycles. The Bertz CT molecular complexity index is 721. The molecule has 0 spiro atoms. The number of anilines is 1. The Kier molecular flexibility index (Phi) is 3.55. The van der Waals surface area contributed by atoms with E-state index in [4.69, 9.17) is 15.0 Å². The van der Waals surface area contributed by atoms with Gasteiger partial charge in [0.2, 0.25) is 0 Å². The maximum atomic E-state index is 5.96. The number of ether oxygens (including phenoxy) is 1. The molecule has 0 aliphatic heterocycles. The van der Waals surface area contributed by atoms with Gasteiger partial charge in [0, 0.05) is 18.0 Å². The Morgan fingerprint density at radius 1 is 1.05 bits per heavy atom. The molecule has 0 saturated carbocycles. The minimum atomic E-state index is 0.367. The van der Waals surface area contributed by atoms with Crippen molar-refractivity contribution in [2.24, 2.45) is 0 Å². The van der Waals surface area contributed by atoms with Gasteiger partial charge >= 0.3 is 0 Å². The van der Waals surface area contributed by atoms with Crippen molar-refractivity contribution in [1.29, 1.82) is 0 Å². The molecule has 0 bridgehead atoms. The number of pyridine rings is 1. The molecule has 0 amide bonds. The maximum absolute atomic E-state index is 5.96. The van der Waals surface area contributed by atoms with Gasteiger partial charge < -0.3 is 15.0 Å². The molecular formula is C16H15N3O2. The first kappa shape index (κ1) is 13.2. The Morgan fingerprint density at radius 2 is 1.76 bits per heavy atom. The van der Waals surface area contributed by atoms with Gasteiger partial charge in [-0.25, -0.2) is 0 Å². The van der Waals surface area contributed by atoms with Crippen LogP contribution in [0.25, 0.3) is 22.5 Å². The fourth-order valence-electron chi connectivity index (χ4n) is 2.17. The molecule has 0 aliphatic carbocycles. The van der Waals surface area contributed by atoms with E-state index < -0.39 is 0 Å². The monoisotopic (exact) mass is 281 g/mol.